The van der Waals surface area contributed by atoms with E-state index in [0.717, 1.165) is 12.1 Å². The number of amides is 2. The average molecular weight is 315 g/mol. The van der Waals surface area contributed by atoms with Crippen molar-refractivity contribution < 1.29 is 23.1 Å². The molecule has 1 aromatic rings. The zero-order chi connectivity index (χ0) is 16.4. The van der Waals surface area contributed by atoms with Gasteiger partial charge in [0.15, 0.2) is 0 Å². The molecule has 0 atom stereocenters. The van der Waals surface area contributed by atoms with Crippen LogP contribution < -0.4 is 16.0 Å². The van der Waals surface area contributed by atoms with Gasteiger partial charge in [0.05, 0.1) is 13.2 Å². The first kappa shape index (κ1) is 18.0. The topological polar surface area (TPSA) is 79.5 Å². The summed E-state index contributed by atoms with van der Waals surface area (Å²) in [5, 5.41) is 7.74. The maximum absolute atomic E-state index is 13.4. The summed E-state index contributed by atoms with van der Waals surface area (Å²) in [7, 11) is 1.56. The molecule has 0 fully saturated rings. The lowest BCUT2D eigenvalue weighted by molar-refractivity contribution is -0.120. The Balaban J connectivity index is 2.24. The molecule has 0 aliphatic carbocycles. The fourth-order valence-corrected chi connectivity index (χ4v) is 1.62. The Labute approximate surface area is 127 Å². The van der Waals surface area contributed by atoms with E-state index in [-0.39, 0.29) is 25.5 Å². The van der Waals surface area contributed by atoms with Crippen LogP contribution in [0.15, 0.2) is 18.2 Å². The fourth-order valence-electron chi connectivity index (χ4n) is 1.62. The maximum atomic E-state index is 13.4. The van der Waals surface area contributed by atoms with Crippen LogP contribution >= 0.6 is 0 Å². The molecular weight excluding hydrogens is 296 g/mol. The number of methoxy groups -OCH3 is 1. The predicted molar refractivity (Wildman–Crippen MR) is 76.4 cm³/mol. The minimum Gasteiger partial charge on any atom is -0.383 e. The van der Waals surface area contributed by atoms with Gasteiger partial charge in [-0.15, -0.1) is 0 Å². The van der Waals surface area contributed by atoms with E-state index >= 15 is 0 Å². The van der Waals surface area contributed by atoms with E-state index < -0.39 is 23.1 Å². The third kappa shape index (κ3) is 6.15. The summed E-state index contributed by atoms with van der Waals surface area (Å²) in [5.74, 6) is -2.96. The number of nitrogens with one attached hydrogen (secondary N) is 3. The van der Waals surface area contributed by atoms with Crippen LogP contribution in [0.4, 0.5) is 8.78 Å². The summed E-state index contributed by atoms with van der Waals surface area (Å²) in [6, 6.07) is 3.19. The Hall–Kier alpha value is -2.06. The van der Waals surface area contributed by atoms with Gasteiger partial charge < -0.3 is 20.7 Å². The largest absolute Gasteiger partial charge is 0.383 e. The van der Waals surface area contributed by atoms with E-state index in [4.69, 9.17) is 4.74 Å². The van der Waals surface area contributed by atoms with Crippen molar-refractivity contribution >= 4 is 11.8 Å². The lowest BCUT2D eigenvalue weighted by Gasteiger charge is -2.09. The summed E-state index contributed by atoms with van der Waals surface area (Å²) in [6.45, 7) is 1.40. The van der Waals surface area contributed by atoms with Gasteiger partial charge in [0.25, 0.3) is 5.91 Å². The molecule has 8 heteroatoms. The van der Waals surface area contributed by atoms with Gasteiger partial charge in [-0.3, -0.25) is 9.59 Å². The highest BCUT2D eigenvalue weighted by molar-refractivity contribution is 5.94. The lowest BCUT2D eigenvalue weighted by atomic mass is 10.2. The second-order valence-corrected chi connectivity index (χ2v) is 4.37. The van der Waals surface area contributed by atoms with Crippen molar-refractivity contribution in [1.82, 2.24) is 16.0 Å². The Kier molecular flexibility index (Phi) is 8.01. The number of halogens is 2. The lowest BCUT2D eigenvalue weighted by Crippen LogP contribution is -2.39. The molecule has 3 N–H and O–H groups in total. The van der Waals surface area contributed by atoms with E-state index in [9.17, 15) is 18.4 Å². The van der Waals surface area contributed by atoms with Gasteiger partial charge in [-0.05, 0) is 12.1 Å². The smallest absolute Gasteiger partial charge is 0.257 e. The van der Waals surface area contributed by atoms with Crippen molar-refractivity contribution in [2.24, 2.45) is 0 Å². The average Bonchev–Trinajstić information content (AvgIpc) is 2.48. The Morgan fingerprint density at radius 1 is 1.09 bits per heavy atom. The molecule has 0 aromatic heterocycles. The monoisotopic (exact) mass is 315 g/mol. The van der Waals surface area contributed by atoms with Crippen molar-refractivity contribution in [2.75, 3.05) is 39.9 Å². The SMILES string of the molecule is COCCNCC(=O)NCCNC(=O)c1c(F)cccc1F. The van der Waals surface area contributed by atoms with Gasteiger partial charge in [0.2, 0.25) is 5.91 Å². The van der Waals surface area contributed by atoms with Crippen LogP contribution in [0.25, 0.3) is 0 Å². The van der Waals surface area contributed by atoms with Crippen LogP contribution in [0.3, 0.4) is 0 Å². The van der Waals surface area contributed by atoms with E-state index in [1.54, 1.807) is 7.11 Å². The van der Waals surface area contributed by atoms with Crippen LogP contribution in [0.2, 0.25) is 0 Å². The Morgan fingerprint density at radius 2 is 1.73 bits per heavy atom. The van der Waals surface area contributed by atoms with Crippen molar-refractivity contribution in [3.63, 3.8) is 0 Å². The second kappa shape index (κ2) is 9.80. The molecule has 0 heterocycles. The molecule has 122 valence electrons. The molecule has 1 rings (SSSR count). The molecule has 1 aromatic carbocycles. The summed E-state index contributed by atoms with van der Waals surface area (Å²) in [6.07, 6.45) is 0. The first-order valence-electron chi connectivity index (χ1n) is 6.74. The van der Waals surface area contributed by atoms with Gasteiger partial charge in [-0.25, -0.2) is 8.78 Å². The van der Waals surface area contributed by atoms with Crippen molar-refractivity contribution in [2.45, 2.75) is 0 Å². The molecule has 6 nitrogen and oxygen atoms in total. The van der Waals surface area contributed by atoms with Crippen LogP contribution in [0.5, 0.6) is 0 Å². The van der Waals surface area contributed by atoms with Crippen LogP contribution in [0.1, 0.15) is 10.4 Å². The standard InChI is InChI=1S/C14H19F2N3O3/c1-22-8-7-17-9-12(20)18-5-6-19-14(21)13-10(15)3-2-4-11(13)16/h2-4,17H,5-9H2,1H3,(H,18,20)(H,19,21). The molecule has 0 saturated carbocycles. The molecule has 0 saturated heterocycles. The maximum Gasteiger partial charge on any atom is 0.257 e. The number of hydrogen-bond acceptors (Lipinski definition) is 4. The Bertz CT molecular complexity index is 492. The fraction of sp³-hybridized carbons (Fsp3) is 0.429. The zero-order valence-corrected chi connectivity index (χ0v) is 12.2. The van der Waals surface area contributed by atoms with E-state index in [1.807, 2.05) is 0 Å². The Morgan fingerprint density at radius 3 is 2.36 bits per heavy atom. The van der Waals surface area contributed by atoms with Gasteiger partial charge in [-0.2, -0.15) is 0 Å². The van der Waals surface area contributed by atoms with E-state index in [2.05, 4.69) is 16.0 Å². The summed E-state index contributed by atoms with van der Waals surface area (Å²) >= 11 is 0. The normalized spacial score (nSPS) is 10.3. The molecule has 0 radical (unpaired) electrons. The number of benzene rings is 1. The molecule has 22 heavy (non-hydrogen) atoms. The molecule has 0 aliphatic heterocycles. The number of rotatable bonds is 9. The second-order valence-electron chi connectivity index (χ2n) is 4.37. The number of carbonyl (C=O) groups is 2. The number of hydrogen-bond donors (Lipinski definition) is 3. The number of ether oxygens (including phenoxy) is 1. The van der Waals surface area contributed by atoms with Crippen LogP contribution in [0, 0.1) is 11.6 Å². The highest BCUT2D eigenvalue weighted by Crippen LogP contribution is 2.11. The van der Waals surface area contributed by atoms with Crippen LogP contribution in [-0.2, 0) is 9.53 Å². The highest BCUT2D eigenvalue weighted by Gasteiger charge is 2.16. The molecule has 0 aliphatic rings. The van der Waals surface area contributed by atoms with Gasteiger partial charge >= 0.3 is 0 Å². The number of carbonyl (C=O) groups excluding carboxylic acids is 2. The van der Waals surface area contributed by atoms with Gasteiger partial charge in [-0.1, -0.05) is 6.07 Å². The third-order valence-electron chi connectivity index (χ3n) is 2.69. The predicted octanol–water partition coefficient (Wildman–Crippen LogP) is 0.0468. The van der Waals surface area contributed by atoms with E-state index in [0.29, 0.717) is 13.2 Å². The van der Waals surface area contributed by atoms with Crippen molar-refractivity contribution in [3.05, 3.63) is 35.4 Å². The summed E-state index contributed by atoms with van der Waals surface area (Å²) in [4.78, 5) is 23.0. The summed E-state index contributed by atoms with van der Waals surface area (Å²) in [5.41, 5.74) is -0.630. The zero-order valence-electron chi connectivity index (χ0n) is 12.2. The first-order chi connectivity index (χ1) is 10.6. The quantitative estimate of drug-likeness (QED) is 0.563. The van der Waals surface area contributed by atoms with Crippen LogP contribution in [-0.4, -0.2) is 51.7 Å². The van der Waals surface area contributed by atoms with Gasteiger partial charge in [0, 0.05) is 26.7 Å². The first-order valence-corrected chi connectivity index (χ1v) is 6.74. The third-order valence-corrected chi connectivity index (χ3v) is 2.69. The van der Waals surface area contributed by atoms with Crippen molar-refractivity contribution in [3.8, 4) is 0 Å². The minimum absolute atomic E-state index is 0.0659. The molecular formula is C14H19F2N3O3. The molecule has 2 amide bonds. The molecule has 0 spiro atoms. The van der Waals surface area contributed by atoms with E-state index in [1.165, 1.54) is 6.07 Å². The summed E-state index contributed by atoms with van der Waals surface area (Å²) < 4.78 is 31.5. The molecule has 0 bridgehead atoms. The minimum atomic E-state index is -0.927. The highest BCUT2D eigenvalue weighted by atomic mass is 19.1. The van der Waals surface area contributed by atoms with Crippen molar-refractivity contribution in [1.29, 1.82) is 0 Å². The van der Waals surface area contributed by atoms with Gasteiger partial charge in [0.1, 0.15) is 17.2 Å². The molecule has 0 unspecified atom stereocenters.